The average molecular weight is 567 g/mol. The van der Waals surface area contributed by atoms with Gasteiger partial charge in [-0.3, -0.25) is 9.59 Å². The molecule has 0 fully saturated rings. The van der Waals surface area contributed by atoms with Crippen molar-refractivity contribution in [3.8, 4) is 0 Å². The summed E-state index contributed by atoms with van der Waals surface area (Å²) < 4.78 is 44.3. The zero-order chi connectivity index (χ0) is 28.9. The van der Waals surface area contributed by atoms with E-state index in [4.69, 9.17) is 4.74 Å². The Bertz CT molecular complexity index is 1650. The van der Waals surface area contributed by atoms with Crippen molar-refractivity contribution in [3.63, 3.8) is 0 Å². The van der Waals surface area contributed by atoms with Gasteiger partial charge in [0.1, 0.15) is 11.9 Å². The lowest BCUT2D eigenvalue weighted by Crippen LogP contribution is -2.44. The van der Waals surface area contributed by atoms with E-state index >= 15 is 0 Å². The van der Waals surface area contributed by atoms with Gasteiger partial charge in [0.05, 0.1) is 4.90 Å². The number of sulfonamides is 1. The summed E-state index contributed by atoms with van der Waals surface area (Å²) in [6, 6.07) is 16.7. The molecular weight excluding hydrogens is 539 g/mol. The first-order valence-corrected chi connectivity index (χ1v) is 13.6. The van der Waals surface area contributed by atoms with Gasteiger partial charge in [0, 0.05) is 48.9 Å². The van der Waals surface area contributed by atoms with Crippen LogP contribution in [-0.4, -0.2) is 62.2 Å². The van der Waals surface area contributed by atoms with E-state index in [0.29, 0.717) is 0 Å². The summed E-state index contributed by atoms with van der Waals surface area (Å²) in [5.74, 6) is -2.70. The van der Waals surface area contributed by atoms with E-state index in [1.807, 2.05) is 24.3 Å². The van der Waals surface area contributed by atoms with Crippen LogP contribution in [0, 0.1) is 5.82 Å². The third kappa shape index (κ3) is 6.71. The normalized spacial score (nSPS) is 12.2. The van der Waals surface area contributed by atoms with Gasteiger partial charge < -0.3 is 20.4 Å². The average Bonchev–Trinajstić information content (AvgIpc) is 3.34. The summed E-state index contributed by atoms with van der Waals surface area (Å²) in [6.45, 7) is -0.680. The molecule has 3 aromatic carbocycles. The molecule has 4 rings (SSSR count). The second kappa shape index (κ2) is 12.1. The van der Waals surface area contributed by atoms with Crippen molar-refractivity contribution < 1.29 is 31.9 Å². The van der Waals surface area contributed by atoms with Crippen LogP contribution in [0.3, 0.4) is 0 Å². The molecule has 1 atom stereocenters. The van der Waals surface area contributed by atoms with Crippen LogP contribution in [0.25, 0.3) is 10.9 Å². The summed E-state index contributed by atoms with van der Waals surface area (Å²) in [7, 11) is -0.936. The number of fused-ring (bicyclic) bond motifs is 1. The number of carbonyl (C=O) groups is 3. The van der Waals surface area contributed by atoms with Crippen molar-refractivity contribution in [2.24, 2.45) is 0 Å². The number of H-pyrrole nitrogens is 1. The maximum atomic E-state index is 13.3. The topological polar surface area (TPSA) is 138 Å². The number of hydrogen-bond acceptors (Lipinski definition) is 6. The minimum absolute atomic E-state index is 0.0189. The number of esters is 1. The largest absolute Gasteiger partial charge is 0.454 e. The van der Waals surface area contributed by atoms with Crippen LogP contribution in [0.5, 0.6) is 0 Å². The monoisotopic (exact) mass is 566 g/mol. The Balaban J connectivity index is 1.46. The highest BCUT2D eigenvalue weighted by atomic mass is 32.2. The lowest BCUT2D eigenvalue weighted by Gasteiger charge is -2.18. The van der Waals surface area contributed by atoms with Gasteiger partial charge in [-0.15, -0.1) is 0 Å². The lowest BCUT2D eigenvalue weighted by molar-refractivity contribution is -0.149. The molecule has 208 valence electrons. The van der Waals surface area contributed by atoms with Crippen molar-refractivity contribution >= 4 is 44.4 Å². The molecule has 0 bridgehead atoms. The predicted octanol–water partition coefficient (Wildman–Crippen LogP) is 3.08. The van der Waals surface area contributed by atoms with Gasteiger partial charge in [0.2, 0.25) is 10.0 Å². The highest BCUT2D eigenvalue weighted by molar-refractivity contribution is 7.89. The fourth-order valence-corrected chi connectivity index (χ4v) is 4.88. The van der Waals surface area contributed by atoms with E-state index in [1.54, 1.807) is 6.20 Å². The first kappa shape index (κ1) is 28.5. The number of nitrogens with one attached hydrogen (secondary N) is 3. The van der Waals surface area contributed by atoms with Gasteiger partial charge in [-0.25, -0.2) is 21.9 Å². The molecule has 12 heteroatoms. The van der Waals surface area contributed by atoms with Gasteiger partial charge in [-0.2, -0.15) is 0 Å². The number of anilines is 1. The maximum Gasteiger partial charge on any atom is 0.329 e. The Morgan fingerprint density at radius 1 is 1.00 bits per heavy atom. The molecule has 40 heavy (non-hydrogen) atoms. The van der Waals surface area contributed by atoms with Crippen molar-refractivity contribution in [3.05, 3.63) is 95.9 Å². The number of nitrogens with zero attached hydrogens (tertiary/aromatic N) is 1. The Morgan fingerprint density at radius 2 is 1.73 bits per heavy atom. The van der Waals surface area contributed by atoms with Crippen LogP contribution in [0.15, 0.2) is 83.9 Å². The van der Waals surface area contributed by atoms with E-state index in [0.717, 1.165) is 32.9 Å². The van der Waals surface area contributed by atoms with E-state index in [-0.39, 0.29) is 22.6 Å². The van der Waals surface area contributed by atoms with E-state index in [1.165, 1.54) is 50.5 Å². The van der Waals surface area contributed by atoms with E-state index in [9.17, 15) is 27.2 Å². The molecule has 2 amide bonds. The summed E-state index contributed by atoms with van der Waals surface area (Å²) >= 11 is 0. The molecule has 0 aliphatic carbocycles. The number of aromatic amines is 1. The Kier molecular flexibility index (Phi) is 8.61. The minimum atomic E-state index is -3.72. The smallest absolute Gasteiger partial charge is 0.329 e. The Labute approximate surface area is 230 Å². The van der Waals surface area contributed by atoms with Crippen molar-refractivity contribution in [1.82, 2.24) is 14.6 Å². The van der Waals surface area contributed by atoms with Gasteiger partial charge >= 0.3 is 5.97 Å². The van der Waals surface area contributed by atoms with Crippen LogP contribution in [0.2, 0.25) is 0 Å². The molecule has 0 aliphatic heterocycles. The number of aromatic nitrogens is 1. The van der Waals surface area contributed by atoms with Crippen LogP contribution < -0.4 is 10.6 Å². The fourth-order valence-electron chi connectivity index (χ4n) is 3.94. The first-order valence-electron chi connectivity index (χ1n) is 12.1. The van der Waals surface area contributed by atoms with Crippen LogP contribution in [0.4, 0.5) is 10.1 Å². The number of para-hydroxylation sites is 1. The van der Waals surface area contributed by atoms with Crippen molar-refractivity contribution in [1.29, 1.82) is 0 Å². The number of carbonyl (C=O) groups excluding carboxylic acids is 3. The predicted molar refractivity (Wildman–Crippen MR) is 147 cm³/mol. The van der Waals surface area contributed by atoms with Gasteiger partial charge in [-0.05, 0) is 54.1 Å². The van der Waals surface area contributed by atoms with Crippen molar-refractivity contribution in [2.75, 3.05) is 26.0 Å². The van der Waals surface area contributed by atoms with Gasteiger partial charge in [-0.1, -0.05) is 24.3 Å². The van der Waals surface area contributed by atoms with Gasteiger partial charge in [0.25, 0.3) is 11.8 Å². The quantitative estimate of drug-likeness (QED) is 0.252. The molecular formula is C28H27FN4O6S. The number of rotatable bonds is 10. The Morgan fingerprint density at radius 3 is 2.45 bits per heavy atom. The summed E-state index contributed by atoms with van der Waals surface area (Å²) in [5.41, 5.74) is 1.92. The standard InChI is InChI=1S/C28H27FN4O6S/c1-33(2)40(37,38)22-7-5-6-21(15-22)31-26(34)17-39-28(36)25(32-27(35)18-10-12-20(29)13-11-18)14-19-16-30-24-9-4-3-8-23(19)24/h3-13,15-16,25,30H,14,17H2,1-2H3,(H,31,34)(H,32,35)/t25-/m0/s1. The third-order valence-corrected chi connectivity index (χ3v) is 7.85. The summed E-state index contributed by atoms with van der Waals surface area (Å²) in [5, 5.41) is 5.96. The minimum Gasteiger partial charge on any atom is -0.454 e. The number of halogens is 1. The molecule has 1 aromatic heterocycles. The Hall–Kier alpha value is -4.55. The molecule has 0 spiro atoms. The number of hydrogen-bond donors (Lipinski definition) is 3. The third-order valence-electron chi connectivity index (χ3n) is 6.04. The zero-order valence-electron chi connectivity index (χ0n) is 21.7. The second-order valence-electron chi connectivity index (χ2n) is 9.07. The van der Waals surface area contributed by atoms with Crippen LogP contribution in [0.1, 0.15) is 15.9 Å². The van der Waals surface area contributed by atoms with E-state index in [2.05, 4.69) is 15.6 Å². The molecule has 0 saturated heterocycles. The number of amides is 2. The maximum absolute atomic E-state index is 13.3. The highest BCUT2D eigenvalue weighted by Gasteiger charge is 2.26. The molecule has 0 unspecified atom stereocenters. The molecule has 0 aliphatic rings. The van der Waals surface area contributed by atoms with Crippen molar-refractivity contribution in [2.45, 2.75) is 17.4 Å². The summed E-state index contributed by atoms with van der Waals surface area (Å²) in [6.07, 6.45) is 1.78. The lowest BCUT2D eigenvalue weighted by atomic mass is 10.0. The van der Waals surface area contributed by atoms with E-state index < -0.39 is 46.3 Å². The first-order chi connectivity index (χ1) is 19.0. The molecule has 10 nitrogen and oxygen atoms in total. The summed E-state index contributed by atoms with van der Waals surface area (Å²) in [4.78, 5) is 41.5. The zero-order valence-corrected chi connectivity index (χ0v) is 22.5. The van der Waals surface area contributed by atoms with Crippen LogP contribution >= 0.6 is 0 Å². The number of benzene rings is 3. The second-order valence-corrected chi connectivity index (χ2v) is 11.2. The fraction of sp³-hybridized carbons (Fsp3) is 0.179. The molecule has 0 saturated carbocycles. The SMILES string of the molecule is CN(C)S(=O)(=O)c1cccc(NC(=O)COC(=O)[C@H](Cc2c[nH]c3ccccc23)NC(=O)c2ccc(F)cc2)c1. The molecule has 3 N–H and O–H groups in total. The van der Waals surface area contributed by atoms with Crippen LogP contribution in [-0.2, 0) is 30.8 Å². The molecule has 1 heterocycles. The molecule has 0 radical (unpaired) electrons. The number of ether oxygens (including phenoxy) is 1. The highest BCUT2D eigenvalue weighted by Crippen LogP contribution is 2.20. The molecule has 4 aromatic rings. The van der Waals surface area contributed by atoms with Gasteiger partial charge in [0.15, 0.2) is 6.61 Å².